The van der Waals surface area contributed by atoms with Gasteiger partial charge in [0.15, 0.2) is 6.61 Å². The van der Waals surface area contributed by atoms with Crippen molar-refractivity contribution in [2.45, 2.75) is 39.5 Å². The van der Waals surface area contributed by atoms with E-state index in [4.69, 9.17) is 9.26 Å². The number of hydrogen-bond donors (Lipinski definition) is 0. The molecule has 0 radical (unpaired) electrons. The Hall–Kier alpha value is -3.17. The molecule has 0 amide bonds. The number of anilines is 1. The Morgan fingerprint density at radius 1 is 1.13 bits per heavy atom. The summed E-state index contributed by atoms with van der Waals surface area (Å²) in [5.41, 5.74) is 0.210. The molecule has 31 heavy (non-hydrogen) atoms. The summed E-state index contributed by atoms with van der Waals surface area (Å²) >= 11 is 0. The van der Waals surface area contributed by atoms with Crippen molar-refractivity contribution >= 4 is 5.95 Å². The number of aromatic nitrogens is 4. The van der Waals surface area contributed by atoms with Gasteiger partial charge in [-0.25, -0.2) is 4.98 Å². The van der Waals surface area contributed by atoms with Gasteiger partial charge in [0.1, 0.15) is 0 Å². The van der Waals surface area contributed by atoms with Crippen molar-refractivity contribution in [3.8, 4) is 17.3 Å². The lowest BCUT2D eigenvalue weighted by Gasteiger charge is -2.30. The minimum absolute atomic E-state index is 0.0567. The van der Waals surface area contributed by atoms with Crippen LogP contribution in [0.4, 0.5) is 19.1 Å². The molecule has 1 aliphatic rings. The van der Waals surface area contributed by atoms with Crippen molar-refractivity contribution < 1.29 is 22.4 Å². The van der Waals surface area contributed by atoms with Crippen molar-refractivity contribution in [3.05, 3.63) is 47.5 Å². The van der Waals surface area contributed by atoms with E-state index < -0.39 is 11.7 Å². The van der Waals surface area contributed by atoms with Crippen LogP contribution in [0.1, 0.15) is 36.9 Å². The van der Waals surface area contributed by atoms with Crippen LogP contribution >= 0.6 is 0 Å². The van der Waals surface area contributed by atoms with Gasteiger partial charge >= 0.3 is 6.18 Å². The zero-order chi connectivity index (χ0) is 22.0. The number of ether oxygens (including phenoxy) is 1. The van der Waals surface area contributed by atoms with E-state index in [1.807, 2.05) is 6.92 Å². The quantitative estimate of drug-likeness (QED) is 0.579. The zero-order valence-corrected chi connectivity index (χ0v) is 17.2. The van der Waals surface area contributed by atoms with Gasteiger partial charge in [0.25, 0.3) is 5.89 Å². The fourth-order valence-corrected chi connectivity index (χ4v) is 3.35. The summed E-state index contributed by atoms with van der Waals surface area (Å²) in [5.74, 6) is 1.89. The molecule has 2 aromatic heterocycles. The highest BCUT2D eigenvalue weighted by Crippen LogP contribution is 2.31. The highest BCUT2D eigenvalue weighted by molar-refractivity contribution is 5.55. The van der Waals surface area contributed by atoms with Crippen LogP contribution in [0.2, 0.25) is 0 Å². The van der Waals surface area contributed by atoms with E-state index >= 15 is 0 Å². The summed E-state index contributed by atoms with van der Waals surface area (Å²) < 4.78 is 49.6. The van der Waals surface area contributed by atoms with Gasteiger partial charge in [-0.15, -0.1) is 0 Å². The van der Waals surface area contributed by atoms with Crippen molar-refractivity contribution in [2.75, 3.05) is 18.0 Å². The maximum atomic E-state index is 12.9. The highest BCUT2D eigenvalue weighted by atomic mass is 19.4. The molecule has 10 heteroatoms. The molecule has 1 saturated heterocycles. The second-order valence-electron chi connectivity index (χ2n) is 7.70. The predicted molar refractivity (Wildman–Crippen MR) is 106 cm³/mol. The van der Waals surface area contributed by atoms with Gasteiger partial charge in [-0.05, 0) is 37.8 Å². The van der Waals surface area contributed by atoms with Crippen LogP contribution < -0.4 is 9.64 Å². The number of nitrogens with zero attached hydrogens (tertiary/aromatic N) is 5. The SMILES string of the molecule is Cc1cc(OCc2nc(-c3cccc(C(F)(F)F)c3)no2)nc(N2CCC(C)CC2)n1. The molecule has 0 aliphatic carbocycles. The van der Waals surface area contributed by atoms with Crippen LogP contribution in [0.25, 0.3) is 11.4 Å². The van der Waals surface area contributed by atoms with Gasteiger partial charge in [0, 0.05) is 30.4 Å². The van der Waals surface area contributed by atoms with E-state index in [2.05, 4.69) is 31.9 Å². The Bertz CT molecular complexity index is 1050. The molecule has 7 nitrogen and oxygen atoms in total. The van der Waals surface area contributed by atoms with Gasteiger partial charge in [-0.1, -0.05) is 24.2 Å². The Morgan fingerprint density at radius 2 is 1.90 bits per heavy atom. The number of aryl methyl sites for hydroxylation is 1. The predicted octanol–water partition coefficient (Wildman–Crippen LogP) is 4.67. The van der Waals surface area contributed by atoms with E-state index in [0.717, 1.165) is 43.8 Å². The topological polar surface area (TPSA) is 77.2 Å². The summed E-state index contributed by atoms with van der Waals surface area (Å²) in [5, 5.41) is 3.76. The normalized spacial score (nSPS) is 15.3. The summed E-state index contributed by atoms with van der Waals surface area (Å²) in [6, 6.07) is 6.47. The fourth-order valence-electron chi connectivity index (χ4n) is 3.35. The third-order valence-corrected chi connectivity index (χ3v) is 5.15. The molecular formula is C21H22F3N5O2. The van der Waals surface area contributed by atoms with Crippen molar-refractivity contribution in [1.29, 1.82) is 0 Å². The minimum Gasteiger partial charge on any atom is -0.467 e. The molecule has 1 aromatic carbocycles. The Kier molecular flexibility index (Phi) is 5.79. The van der Waals surface area contributed by atoms with Crippen LogP contribution in [0.5, 0.6) is 5.88 Å². The van der Waals surface area contributed by atoms with Crippen LogP contribution in [-0.4, -0.2) is 33.2 Å². The summed E-state index contributed by atoms with van der Waals surface area (Å²) in [6.07, 6.45) is -2.26. The minimum atomic E-state index is -4.44. The molecular weight excluding hydrogens is 411 g/mol. The van der Waals surface area contributed by atoms with E-state index in [-0.39, 0.29) is 23.9 Å². The van der Waals surface area contributed by atoms with Crippen LogP contribution in [0.3, 0.4) is 0 Å². The van der Waals surface area contributed by atoms with Gasteiger partial charge < -0.3 is 14.2 Å². The Morgan fingerprint density at radius 3 is 2.65 bits per heavy atom. The first kappa shape index (κ1) is 21.1. The fraction of sp³-hybridized carbons (Fsp3) is 0.429. The number of benzene rings is 1. The Balaban J connectivity index is 1.44. The number of piperidine rings is 1. The first-order valence-electron chi connectivity index (χ1n) is 10.0. The summed E-state index contributed by atoms with van der Waals surface area (Å²) in [4.78, 5) is 15.3. The third-order valence-electron chi connectivity index (χ3n) is 5.15. The van der Waals surface area contributed by atoms with E-state index in [0.29, 0.717) is 17.7 Å². The van der Waals surface area contributed by atoms with Gasteiger partial charge in [0.05, 0.1) is 5.56 Å². The molecule has 0 unspecified atom stereocenters. The molecule has 3 heterocycles. The lowest BCUT2D eigenvalue weighted by atomic mass is 10.00. The average Bonchev–Trinajstić information content (AvgIpc) is 3.21. The molecule has 0 bridgehead atoms. The van der Waals surface area contributed by atoms with Crippen LogP contribution in [0.15, 0.2) is 34.9 Å². The molecule has 1 fully saturated rings. The van der Waals surface area contributed by atoms with E-state index in [1.165, 1.54) is 12.1 Å². The van der Waals surface area contributed by atoms with E-state index in [9.17, 15) is 13.2 Å². The maximum Gasteiger partial charge on any atom is 0.416 e. The average molecular weight is 433 g/mol. The zero-order valence-electron chi connectivity index (χ0n) is 17.2. The highest BCUT2D eigenvalue weighted by Gasteiger charge is 2.30. The number of alkyl halides is 3. The number of hydrogen-bond acceptors (Lipinski definition) is 7. The summed E-state index contributed by atoms with van der Waals surface area (Å²) in [7, 11) is 0. The second kappa shape index (κ2) is 8.52. The largest absolute Gasteiger partial charge is 0.467 e. The monoisotopic (exact) mass is 433 g/mol. The lowest BCUT2D eigenvalue weighted by molar-refractivity contribution is -0.137. The standard InChI is InChI=1S/C21H22F3N5O2/c1-13-6-8-29(9-7-13)20-25-14(2)10-17(27-20)30-12-18-26-19(28-31-18)15-4-3-5-16(11-15)21(22,23)24/h3-5,10-11,13H,6-9,12H2,1-2H3. The third kappa shape index (κ3) is 5.12. The van der Waals surface area contributed by atoms with Crippen molar-refractivity contribution in [1.82, 2.24) is 20.1 Å². The maximum absolute atomic E-state index is 12.9. The summed E-state index contributed by atoms with van der Waals surface area (Å²) in [6.45, 7) is 5.84. The molecule has 4 rings (SSSR count). The van der Waals surface area contributed by atoms with Crippen LogP contribution in [0, 0.1) is 12.8 Å². The molecule has 1 aliphatic heterocycles. The molecule has 0 N–H and O–H groups in total. The molecule has 0 spiro atoms. The van der Waals surface area contributed by atoms with E-state index in [1.54, 1.807) is 6.07 Å². The van der Waals surface area contributed by atoms with Crippen molar-refractivity contribution in [2.24, 2.45) is 5.92 Å². The smallest absolute Gasteiger partial charge is 0.416 e. The lowest BCUT2D eigenvalue weighted by Crippen LogP contribution is -2.34. The second-order valence-corrected chi connectivity index (χ2v) is 7.70. The first-order valence-corrected chi connectivity index (χ1v) is 10.0. The number of rotatable bonds is 5. The van der Waals surface area contributed by atoms with Gasteiger partial charge in [-0.3, -0.25) is 0 Å². The molecule has 3 aromatic rings. The van der Waals surface area contributed by atoms with Crippen LogP contribution in [-0.2, 0) is 12.8 Å². The first-order chi connectivity index (χ1) is 14.8. The van der Waals surface area contributed by atoms with Crippen molar-refractivity contribution in [3.63, 3.8) is 0 Å². The van der Waals surface area contributed by atoms with Gasteiger partial charge in [-0.2, -0.15) is 23.1 Å². The van der Waals surface area contributed by atoms with Gasteiger partial charge in [0.2, 0.25) is 17.7 Å². The molecule has 164 valence electrons. The Labute approximate surface area is 177 Å². The number of halogens is 3. The molecule has 0 saturated carbocycles. The molecule has 0 atom stereocenters.